The molecule has 3 aromatic rings. The van der Waals surface area contributed by atoms with Crippen molar-refractivity contribution in [1.29, 1.82) is 0 Å². The number of hydrogen-bond acceptors (Lipinski definition) is 4. The van der Waals surface area contributed by atoms with Gasteiger partial charge in [0, 0.05) is 4.47 Å². The van der Waals surface area contributed by atoms with E-state index < -0.39 is 0 Å². The molecule has 3 rings (SSSR count). The van der Waals surface area contributed by atoms with Crippen molar-refractivity contribution in [3.8, 4) is 0 Å². The first-order valence-electron chi connectivity index (χ1n) is 7.09. The Hall–Kier alpha value is -2.53. The van der Waals surface area contributed by atoms with Crippen molar-refractivity contribution in [2.75, 3.05) is 0 Å². The minimum Gasteiger partial charge on any atom is -0.354 e. The van der Waals surface area contributed by atoms with Crippen LogP contribution in [0.25, 0.3) is 12.2 Å². The molecule has 5 heteroatoms. The molecule has 0 saturated carbocycles. The Bertz CT molecular complexity index is 836. The average molecular weight is 368 g/mol. The van der Waals surface area contributed by atoms with E-state index in [1.807, 2.05) is 73.7 Å². The number of halogens is 1. The molecule has 0 atom stereocenters. The smallest absolute Gasteiger partial charge is 0.187 e. The molecule has 0 N–H and O–H groups in total. The van der Waals surface area contributed by atoms with Crippen LogP contribution in [0.1, 0.15) is 17.0 Å². The van der Waals surface area contributed by atoms with Gasteiger partial charge in [-0.15, -0.1) is 5.11 Å². The molecule has 2 aromatic carbocycles. The van der Waals surface area contributed by atoms with Crippen molar-refractivity contribution in [3.63, 3.8) is 0 Å². The Morgan fingerprint density at radius 3 is 2.43 bits per heavy atom. The predicted octanol–water partition coefficient (Wildman–Crippen LogP) is 6.33. The second kappa shape index (κ2) is 7.15. The Labute approximate surface area is 142 Å². The van der Waals surface area contributed by atoms with E-state index in [1.165, 1.54) is 0 Å². The molecule has 0 aliphatic rings. The van der Waals surface area contributed by atoms with Crippen LogP contribution < -0.4 is 0 Å². The lowest BCUT2D eigenvalue weighted by Gasteiger charge is -1.94. The molecule has 0 unspecified atom stereocenters. The third kappa shape index (κ3) is 4.02. The Kier molecular flexibility index (Phi) is 4.78. The van der Waals surface area contributed by atoms with Crippen LogP contribution in [0.3, 0.4) is 0 Å². The van der Waals surface area contributed by atoms with Gasteiger partial charge in [0.1, 0.15) is 5.69 Å². The second-order valence-electron chi connectivity index (χ2n) is 4.90. The number of rotatable bonds is 4. The van der Waals surface area contributed by atoms with Crippen molar-refractivity contribution < 1.29 is 4.52 Å². The Balaban J connectivity index is 1.84. The number of azo groups is 1. The first-order valence-corrected chi connectivity index (χ1v) is 7.88. The molecule has 0 spiro atoms. The zero-order chi connectivity index (χ0) is 16.1. The maximum atomic E-state index is 5.33. The zero-order valence-corrected chi connectivity index (χ0v) is 14.1. The fraction of sp³-hybridized carbons (Fsp3) is 0.0556. The van der Waals surface area contributed by atoms with E-state index in [0.29, 0.717) is 17.1 Å². The highest BCUT2D eigenvalue weighted by Crippen LogP contribution is 2.28. The molecule has 0 amide bonds. The van der Waals surface area contributed by atoms with E-state index in [-0.39, 0.29) is 0 Å². The maximum absolute atomic E-state index is 5.33. The van der Waals surface area contributed by atoms with Gasteiger partial charge in [-0.2, -0.15) is 5.11 Å². The minimum atomic E-state index is 0.590. The van der Waals surface area contributed by atoms with E-state index in [1.54, 1.807) is 0 Å². The van der Waals surface area contributed by atoms with E-state index in [0.717, 1.165) is 15.7 Å². The summed E-state index contributed by atoms with van der Waals surface area (Å²) in [4.78, 5) is 0. The van der Waals surface area contributed by atoms with Gasteiger partial charge in [0.2, 0.25) is 0 Å². The van der Waals surface area contributed by atoms with Gasteiger partial charge in [0.25, 0.3) is 0 Å². The van der Waals surface area contributed by atoms with Gasteiger partial charge >= 0.3 is 0 Å². The van der Waals surface area contributed by atoms with Gasteiger partial charge in [0.05, 0.1) is 5.69 Å². The fourth-order valence-electron chi connectivity index (χ4n) is 1.96. The zero-order valence-electron chi connectivity index (χ0n) is 12.5. The summed E-state index contributed by atoms with van der Waals surface area (Å²) in [5, 5.41) is 12.5. The van der Waals surface area contributed by atoms with Crippen LogP contribution in [0.2, 0.25) is 0 Å². The van der Waals surface area contributed by atoms with E-state index >= 15 is 0 Å². The second-order valence-corrected chi connectivity index (χ2v) is 5.82. The van der Waals surface area contributed by atoms with Gasteiger partial charge in [-0.05, 0) is 42.8 Å². The summed E-state index contributed by atoms with van der Waals surface area (Å²) in [6, 6.07) is 17.6. The Morgan fingerprint density at radius 1 is 0.957 bits per heavy atom. The molecular weight excluding hydrogens is 354 g/mol. The molecule has 1 aromatic heterocycles. The van der Waals surface area contributed by atoms with Gasteiger partial charge in [0.15, 0.2) is 11.4 Å². The predicted molar refractivity (Wildman–Crippen MR) is 94.9 cm³/mol. The van der Waals surface area contributed by atoms with Crippen LogP contribution in [0.4, 0.5) is 11.4 Å². The van der Waals surface area contributed by atoms with Gasteiger partial charge in [-0.3, -0.25) is 0 Å². The highest BCUT2D eigenvalue weighted by atomic mass is 79.9. The molecule has 0 fully saturated rings. The molecule has 23 heavy (non-hydrogen) atoms. The number of hydrogen-bond donors (Lipinski definition) is 0. The molecule has 0 aliphatic carbocycles. The summed E-state index contributed by atoms with van der Waals surface area (Å²) >= 11 is 3.39. The normalized spacial score (nSPS) is 11.6. The van der Waals surface area contributed by atoms with Crippen LogP contribution >= 0.6 is 15.9 Å². The topological polar surface area (TPSA) is 50.8 Å². The Morgan fingerprint density at radius 2 is 1.70 bits per heavy atom. The monoisotopic (exact) mass is 367 g/mol. The van der Waals surface area contributed by atoms with Crippen LogP contribution in [0.15, 0.2) is 73.8 Å². The lowest BCUT2D eigenvalue weighted by Crippen LogP contribution is -1.71. The highest BCUT2D eigenvalue weighted by molar-refractivity contribution is 9.10. The lowest BCUT2D eigenvalue weighted by molar-refractivity contribution is 0.408. The molecule has 4 nitrogen and oxygen atoms in total. The molecular formula is C18H14BrN3O. The summed E-state index contributed by atoms with van der Waals surface area (Å²) in [5.41, 5.74) is 3.20. The van der Waals surface area contributed by atoms with Gasteiger partial charge in [-0.1, -0.05) is 57.5 Å². The number of aryl methyl sites for hydroxylation is 1. The van der Waals surface area contributed by atoms with Crippen molar-refractivity contribution in [2.45, 2.75) is 6.92 Å². The van der Waals surface area contributed by atoms with E-state index in [2.05, 4.69) is 31.3 Å². The van der Waals surface area contributed by atoms with Crippen LogP contribution in [0.5, 0.6) is 0 Å². The summed E-state index contributed by atoms with van der Waals surface area (Å²) in [6.07, 6.45) is 3.81. The highest BCUT2D eigenvalue weighted by Gasteiger charge is 2.09. The number of nitrogens with zero attached hydrogens (tertiary/aromatic N) is 3. The molecule has 0 aliphatic heterocycles. The van der Waals surface area contributed by atoms with Crippen molar-refractivity contribution in [2.24, 2.45) is 10.2 Å². The third-order valence-electron chi connectivity index (χ3n) is 3.18. The minimum absolute atomic E-state index is 0.590. The molecule has 114 valence electrons. The number of aromatic nitrogens is 1. The van der Waals surface area contributed by atoms with Crippen LogP contribution in [-0.4, -0.2) is 5.16 Å². The van der Waals surface area contributed by atoms with Gasteiger partial charge < -0.3 is 4.52 Å². The molecule has 0 saturated heterocycles. The number of benzene rings is 2. The quantitative estimate of drug-likeness (QED) is 0.505. The van der Waals surface area contributed by atoms with E-state index in [4.69, 9.17) is 4.52 Å². The summed E-state index contributed by atoms with van der Waals surface area (Å²) in [5.74, 6) is 0.590. The SMILES string of the molecule is Cc1noc(/C=C/c2ccccc2)c1N=Nc1ccc(Br)cc1. The third-order valence-corrected chi connectivity index (χ3v) is 3.70. The first-order chi connectivity index (χ1) is 11.2. The molecule has 0 bridgehead atoms. The van der Waals surface area contributed by atoms with Gasteiger partial charge in [-0.25, -0.2) is 0 Å². The lowest BCUT2D eigenvalue weighted by atomic mass is 10.2. The van der Waals surface area contributed by atoms with Crippen molar-refractivity contribution >= 4 is 39.5 Å². The first kappa shape index (κ1) is 15.4. The van der Waals surface area contributed by atoms with Crippen molar-refractivity contribution in [3.05, 3.63) is 76.1 Å². The maximum Gasteiger partial charge on any atom is 0.187 e. The van der Waals surface area contributed by atoms with Crippen molar-refractivity contribution in [1.82, 2.24) is 5.16 Å². The summed E-state index contributed by atoms with van der Waals surface area (Å²) in [7, 11) is 0. The molecule has 1 heterocycles. The molecule has 0 radical (unpaired) electrons. The van der Waals surface area contributed by atoms with Crippen LogP contribution in [0, 0.1) is 6.92 Å². The largest absolute Gasteiger partial charge is 0.354 e. The fourth-order valence-corrected chi connectivity index (χ4v) is 2.23. The average Bonchev–Trinajstić information content (AvgIpc) is 2.93. The summed E-state index contributed by atoms with van der Waals surface area (Å²) < 4.78 is 6.33. The van der Waals surface area contributed by atoms with E-state index in [9.17, 15) is 0 Å². The van der Waals surface area contributed by atoms with Crippen LogP contribution in [-0.2, 0) is 0 Å². The standard InChI is InChI=1S/C18H14BrN3O/c1-13-18(21-20-16-10-8-15(19)9-11-16)17(23-22-13)12-7-14-5-3-2-4-6-14/h2-12H,1H3/b12-7+,21-20?. The summed E-state index contributed by atoms with van der Waals surface area (Å²) in [6.45, 7) is 1.85.